The van der Waals surface area contributed by atoms with Gasteiger partial charge in [0.1, 0.15) is 5.25 Å². The van der Waals surface area contributed by atoms with E-state index in [4.69, 9.17) is 28.3 Å². The lowest BCUT2D eigenvalue weighted by Crippen LogP contribution is -2.41. The van der Waals surface area contributed by atoms with E-state index in [1.54, 1.807) is 25.2 Å². The zero-order valence-corrected chi connectivity index (χ0v) is 12.7. The fourth-order valence-corrected chi connectivity index (χ4v) is 3.12. The van der Waals surface area contributed by atoms with Crippen LogP contribution in [0, 0.1) is 0 Å². The summed E-state index contributed by atoms with van der Waals surface area (Å²) in [5.41, 5.74) is 0.468. The molecule has 2 rings (SSSR count). The average molecular weight is 333 g/mol. The maximum Gasteiger partial charge on any atom is 0.317 e. The largest absolute Gasteiger partial charge is 0.480 e. The van der Waals surface area contributed by atoms with Crippen molar-refractivity contribution >= 4 is 57.7 Å². The van der Waals surface area contributed by atoms with Gasteiger partial charge in [-0.15, -0.1) is 0 Å². The minimum Gasteiger partial charge on any atom is -0.480 e. The number of nitrogens with zero attached hydrogens (tertiary/aromatic N) is 2. The first kappa shape index (κ1) is 15.2. The SMILES string of the molecule is CN1C(=O)CC(C(=O)O)SC1=Nc1cc(Cl)cc(Cl)c1. The topological polar surface area (TPSA) is 70.0 Å². The number of thioether (sulfide) groups is 1. The third-order valence-corrected chi connectivity index (χ3v) is 4.28. The van der Waals surface area contributed by atoms with Crippen molar-refractivity contribution in [3.63, 3.8) is 0 Å². The number of amides is 1. The number of halogens is 2. The second-order valence-corrected chi connectivity index (χ2v) is 6.17. The average Bonchev–Trinajstić information content (AvgIpc) is 2.33. The Morgan fingerprint density at radius 2 is 2.00 bits per heavy atom. The van der Waals surface area contributed by atoms with Gasteiger partial charge in [0.25, 0.3) is 0 Å². The Bertz CT molecular complexity index is 586. The Labute approximate surface area is 129 Å². The third kappa shape index (κ3) is 3.45. The van der Waals surface area contributed by atoms with Crippen molar-refractivity contribution in [1.82, 2.24) is 4.90 Å². The molecular formula is C12H10Cl2N2O3S. The summed E-state index contributed by atoms with van der Waals surface area (Å²) in [6, 6.07) is 4.74. The molecule has 1 atom stereocenters. The van der Waals surface area contributed by atoms with Crippen LogP contribution in [0.4, 0.5) is 5.69 Å². The van der Waals surface area contributed by atoms with Gasteiger partial charge in [0.15, 0.2) is 5.17 Å². The summed E-state index contributed by atoms with van der Waals surface area (Å²) in [6.45, 7) is 0. The molecule has 0 aromatic heterocycles. The highest BCUT2D eigenvalue weighted by molar-refractivity contribution is 8.15. The van der Waals surface area contributed by atoms with Gasteiger partial charge in [-0.1, -0.05) is 35.0 Å². The molecule has 1 aromatic rings. The van der Waals surface area contributed by atoms with Gasteiger partial charge in [-0.3, -0.25) is 14.5 Å². The second-order valence-electron chi connectivity index (χ2n) is 4.12. The summed E-state index contributed by atoms with van der Waals surface area (Å²) in [4.78, 5) is 28.4. The van der Waals surface area contributed by atoms with Crippen molar-refractivity contribution in [1.29, 1.82) is 0 Å². The van der Waals surface area contributed by atoms with E-state index >= 15 is 0 Å². The molecule has 1 N–H and O–H groups in total. The van der Waals surface area contributed by atoms with Crippen molar-refractivity contribution in [3.8, 4) is 0 Å². The van der Waals surface area contributed by atoms with Gasteiger partial charge in [-0.05, 0) is 18.2 Å². The van der Waals surface area contributed by atoms with Crippen LogP contribution in [0.1, 0.15) is 6.42 Å². The van der Waals surface area contributed by atoms with Crippen molar-refractivity contribution in [3.05, 3.63) is 28.2 Å². The Balaban J connectivity index is 2.35. The predicted molar refractivity (Wildman–Crippen MR) is 80.0 cm³/mol. The predicted octanol–water partition coefficient (Wildman–Crippen LogP) is 3.03. The van der Waals surface area contributed by atoms with Crippen LogP contribution >= 0.6 is 35.0 Å². The molecule has 1 unspecified atom stereocenters. The Kier molecular flexibility index (Phi) is 4.57. The van der Waals surface area contributed by atoms with Gasteiger partial charge >= 0.3 is 5.97 Å². The number of carboxylic acid groups (broad SMARTS) is 1. The number of aliphatic carboxylic acids is 1. The van der Waals surface area contributed by atoms with Crippen molar-refractivity contribution in [2.75, 3.05) is 7.05 Å². The van der Waals surface area contributed by atoms with E-state index < -0.39 is 11.2 Å². The molecule has 1 fully saturated rings. The van der Waals surface area contributed by atoms with Crippen molar-refractivity contribution in [2.45, 2.75) is 11.7 Å². The van der Waals surface area contributed by atoms with Crippen molar-refractivity contribution in [2.24, 2.45) is 4.99 Å². The van der Waals surface area contributed by atoms with Gasteiger partial charge in [0.2, 0.25) is 5.91 Å². The lowest BCUT2D eigenvalue weighted by Gasteiger charge is -2.27. The molecule has 0 aliphatic carbocycles. The molecule has 0 bridgehead atoms. The van der Waals surface area contributed by atoms with Gasteiger partial charge < -0.3 is 5.11 Å². The van der Waals surface area contributed by atoms with E-state index in [-0.39, 0.29) is 12.3 Å². The second kappa shape index (κ2) is 6.03. The normalized spacial score (nSPS) is 21.4. The number of carboxylic acids is 1. The summed E-state index contributed by atoms with van der Waals surface area (Å²) in [5.74, 6) is -1.32. The number of carbonyl (C=O) groups excluding carboxylic acids is 1. The van der Waals surface area contributed by atoms with Crippen LogP contribution in [-0.2, 0) is 9.59 Å². The lowest BCUT2D eigenvalue weighted by molar-refractivity contribution is -0.139. The molecule has 1 aliphatic rings. The number of benzene rings is 1. The van der Waals surface area contributed by atoms with Crippen LogP contribution in [0.15, 0.2) is 23.2 Å². The van der Waals surface area contributed by atoms with E-state index in [1.165, 1.54) is 4.90 Å². The maximum absolute atomic E-state index is 11.8. The highest BCUT2D eigenvalue weighted by Crippen LogP contribution is 2.30. The molecule has 0 radical (unpaired) electrons. The van der Waals surface area contributed by atoms with Crippen molar-refractivity contribution < 1.29 is 14.7 Å². The first-order valence-corrected chi connectivity index (χ1v) is 7.21. The monoisotopic (exact) mass is 332 g/mol. The fourth-order valence-electron chi connectivity index (χ4n) is 1.60. The zero-order chi connectivity index (χ0) is 14.9. The minimum absolute atomic E-state index is 0.0498. The molecule has 20 heavy (non-hydrogen) atoms. The van der Waals surface area contributed by atoms with E-state index in [9.17, 15) is 9.59 Å². The number of hydrogen-bond donors (Lipinski definition) is 1. The molecule has 0 saturated carbocycles. The minimum atomic E-state index is -1.03. The zero-order valence-electron chi connectivity index (χ0n) is 10.3. The van der Waals surface area contributed by atoms with Crippen LogP contribution in [0.3, 0.4) is 0 Å². The number of rotatable bonds is 2. The van der Waals surface area contributed by atoms with Gasteiger partial charge in [0.05, 0.1) is 12.1 Å². The summed E-state index contributed by atoms with van der Waals surface area (Å²) < 4.78 is 0. The molecule has 1 aliphatic heterocycles. The van der Waals surface area contributed by atoms with E-state index in [2.05, 4.69) is 4.99 Å². The van der Waals surface area contributed by atoms with Gasteiger partial charge in [-0.2, -0.15) is 0 Å². The van der Waals surface area contributed by atoms with E-state index in [0.717, 1.165) is 11.8 Å². The Hall–Kier alpha value is -1.24. The smallest absolute Gasteiger partial charge is 0.317 e. The summed E-state index contributed by atoms with van der Waals surface area (Å²) >= 11 is 12.8. The molecule has 5 nitrogen and oxygen atoms in total. The molecule has 1 heterocycles. The highest BCUT2D eigenvalue weighted by atomic mass is 35.5. The molecule has 106 valence electrons. The molecule has 1 saturated heterocycles. The molecule has 1 aromatic carbocycles. The van der Waals surface area contributed by atoms with Crippen LogP contribution in [-0.4, -0.2) is 39.3 Å². The van der Waals surface area contributed by atoms with E-state index in [0.29, 0.717) is 20.9 Å². The van der Waals surface area contributed by atoms with Crippen LogP contribution in [0.5, 0.6) is 0 Å². The number of amidine groups is 1. The van der Waals surface area contributed by atoms with Gasteiger partial charge in [-0.25, -0.2) is 4.99 Å². The Morgan fingerprint density at radius 3 is 2.55 bits per heavy atom. The first-order chi connectivity index (χ1) is 9.36. The Morgan fingerprint density at radius 1 is 1.40 bits per heavy atom. The molecule has 1 amide bonds. The first-order valence-electron chi connectivity index (χ1n) is 5.57. The fraction of sp³-hybridized carbons (Fsp3) is 0.250. The van der Waals surface area contributed by atoms with Crippen LogP contribution in [0.2, 0.25) is 10.0 Å². The summed E-state index contributed by atoms with van der Waals surface area (Å²) in [5, 5.41) is 9.35. The standard InChI is InChI=1S/C12H10Cl2N2O3S/c1-16-10(17)5-9(11(18)19)20-12(16)15-8-3-6(13)2-7(14)4-8/h2-4,9H,5H2,1H3,(H,18,19). The summed E-state index contributed by atoms with van der Waals surface area (Å²) in [6.07, 6.45) is -0.0498. The third-order valence-electron chi connectivity index (χ3n) is 2.62. The van der Waals surface area contributed by atoms with Crippen LogP contribution < -0.4 is 0 Å². The highest BCUT2D eigenvalue weighted by Gasteiger charge is 2.33. The lowest BCUT2D eigenvalue weighted by atomic mass is 10.3. The van der Waals surface area contributed by atoms with Gasteiger partial charge in [0, 0.05) is 17.1 Å². The van der Waals surface area contributed by atoms with Crippen LogP contribution in [0.25, 0.3) is 0 Å². The molecule has 8 heteroatoms. The quantitative estimate of drug-likeness (QED) is 0.903. The van der Waals surface area contributed by atoms with E-state index in [1.807, 2.05) is 0 Å². The number of hydrogen-bond acceptors (Lipinski definition) is 4. The maximum atomic E-state index is 11.8. The molecule has 0 spiro atoms. The number of carbonyl (C=O) groups is 2. The number of aliphatic imine (C=N–C) groups is 1. The molecular weight excluding hydrogens is 323 g/mol. The summed E-state index contributed by atoms with van der Waals surface area (Å²) in [7, 11) is 1.55.